The van der Waals surface area contributed by atoms with Crippen LogP contribution in [-0.2, 0) is 49.6 Å². The molecule has 28 heteroatoms. The number of urea groups is 1. The zero-order chi connectivity index (χ0) is 63.1. The van der Waals surface area contributed by atoms with E-state index < -0.39 is 124 Å². The summed E-state index contributed by atoms with van der Waals surface area (Å²) in [7, 11) is 0. The summed E-state index contributed by atoms with van der Waals surface area (Å²) in [6, 6.07) is 4.31. The fourth-order valence-corrected chi connectivity index (χ4v) is 10.6. The quantitative estimate of drug-likeness (QED) is 0.0293. The van der Waals surface area contributed by atoms with Gasteiger partial charge in [-0.2, -0.15) is 5.10 Å². The molecule has 0 saturated carbocycles. The van der Waals surface area contributed by atoms with E-state index in [1.165, 1.54) is 9.58 Å². The molecular formula is C57H82F2N12O13S. The lowest BCUT2D eigenvalue weighted by atomic mass is 9.81. The highest BCUT2D eigenvalue weighted by Crippen LogP contribution is 2.40. The summed E-state index contributed by atoms with van der Waals surface area (Å²) in [6.07, 6.45) is 3.21. The van der Waals surface area contributed by atoms with Crippen LogP contribution in [0.2, 0.25) is 0 Å². The molecule has 14 N–H and O–H groups in total. The van der Waals surface area contributed by atoms with Crippen molar-refractivity contribution in [2.45, 2.75) is 153 Å². The Morgan fingerprint density at radius 2 is 1.47 bits per heavy atom. The molecule has 2 aromatic carbocycles. The van der Waals surface area contributed by atoms with Crippen molar-refractivity contribution in [3.63, 3.8) is 0 Å². The van der Waals surface area contributed by atoms with Gasteiger partial charge in [-0.15, -0.1) is 11.8 Å². The van der Waals surface area contributed by atoms with Gasteiger partial charge >= 0.3 is 18.0 Å². The Kier molecular flexibility index (Phi) is 27.8. The van der Waals surface area contributed by atoms with Gasteiger partial charge in [0.25, 0.3) is 0 Å². The van der Waals surface area contributed by atoms with E-state index >= 15 is 4.39 Å². The first-order valence-corrected chi connectivity index (χ1v) is 29.3. The molecule has 2 heterocycles. The maximum Gasteiger partial charge on any atom is 0.326 e. The van der Waals surface area contributed by atoms with Gasteiger partial charge in [0.1, 0.15) is 48.1 Å². The van der Waals surface area contributed by atoms with Gasteiger partial charge in [0, 0.05) is 69.0 Å². The number of hydrogen-bond donors (Lipinski definition) is 11. The number of benzene rings is 2. The minimum atomic E-state index is -1.45. The number of nitrogens with one attached hydrogen (secondary N) is 5. The van der Waals surface area contributed by atoms with Crippen molar-refractivity contribution in [2.24, 2.45) is 28.5 Å². The van der Waals surface area contributed by atoms with Gasteiger partial charge in [-0.1, -0.05) is 71.4 Å². The molecule has 9 amide bonds. The normalized spacial score (nSPS) is 15.5. The van der Waals surface area contributed by atoms with Crippen molar-refractivity contribution in [1.29, 1.82) is 0 Å². The number of aliphatic hydroxyl groups excluding tert-OH is 1. The number of nitrogens with two attached hydrogens (primary N) is 3. The Labute approximate surface area is 496 Å². The fraction of sp³-hybridized carbons (Fsp3) is 0.561. The van der Waals surface area contributed by atoms with Gasteiger partial charge in [-0.05, 0) is 80.4 Å². The maximum atomic E-state index is 15.2. The second-order valence-electron chi connectivity index (χ2n) is 22.3. The third-order valence-electron chi connectivity index (χ3n) is 14.1. The van der Waals surface area contributed by atoms with E-state index in [9.17, 15) is 62.5 Å². The summed E-state index contributed by atoms with van der Waals surface area (Å²) in [5.74, 6) is -8.76. The first kappa shape index (κ1) is 69.9. The average Bonchev–Trinajstić information content (AvgIpc) is 2.23. The number of unbranched alkanes of at least 4 members (excludes halogenated alkanes) is 3. The SMILES string of the molecule is CC(C)[C@H](NC(=O)CCCCCN1C(=O)CC(SC[C@H](N)C(=O)O)C1=O)C(=O)N[C@@H](CCCNC(N)=O)C(=O)N[C@@H](CCCCNC(=O)[C@@H](N)CCN(C(=O)CO)[C@@H](c1nn(-c2cc(F)ccc2F)cc1Cc1ccccc1)C(C)(C)C)C(=O)O. The summed E-state index contributed by atoms with van der Waals surface area (Å²) in [5.41, 5.74) is 17.9. The molecule has 25 nitrogen and oxygen atoms in total. The van der Waals surface area contributed by atoms with Crippen LogP contribution in [0, 0.1) is 23.0 Å². The number of aliphatic carboxylic acids is 2. The van der Waals surface area contributed by atoms with Crippen molar-refractivity contribution in [3.05, 3.63) is 83.2 Å². The van der Waals surface area contributed by atoms with Crippen LogP contribution >= 0.6 is 11.8 Å². The molecule has 0 bridgehead atoms. The average molecular weight is 1210 g/mol. The summed E-state index contributed by atoms with van der Waals surface area (Å²) in [4.78, 5) is 130. The first-order valence-electron chi connectivity index (χ1n) is 28.2. The maximum absolute atomic E-state index is 15.2. The number of carbonyl (C=O) groups is 10. The summed E-state index contributed by atoms with van der Waals surface area (Å²) >= 11 is 1.01. The molecule has 1 aliphatic heterocycles. The predicted molar refractivity (Wildman–Crippen MR) is 310 cm³/mol. The summed E-state index contributed by atoms with van der Waals surface area (Å²) in [5, 5.41) is 46.2. The van der Waals surface area contributed by atoms with E-state index in [2.05, 4.69) is 26.6 Å². The van der Waals surface area contributed by atoms with Crippen LogP contribution in [0.4, 0.5) is 13.6 Å². The van der Waals surface area contributed by atoms with Crippen molar-refractivity contribution in [1.82, 2.24) is 46.2 Å². The number of thioether (sulfide) groups is 1. The fourth-order valence-electron chi connectivity index (χ4n) is 9.53. The zero-order valence-corrected chi connectivity index (χ0v) is 49.5. The Morgan fingerprint density at radius 1 is 0.800 bits per heavy atom. The van der Waals surface area contributed by atoms with Crippen LogP contribution in [0.3, 0.4) is 0 Å². The molecule has 468 valence electrons. The van der Waals surface area contributed by atoms with Crippen molar-refractivity contribution >= 4 is 71.1 Å². The molecule has 0 aliphatic carbocycles. The highest BCUT2D eigenvalue weighted by Gasteiger charge is 2.40. The number of primary amides is 1. The number of likely N-dealkylation sites (tertiary alicyclic amines) is 1. The highest BCUT2D eigenvalue weighted by atomic mass is 32.2. The molecular weight excluding hydrogens is 1130 g/mol. The Balaban J connectivity index is 1.32. The van der Waals surface area contributed by atoms with E-state index in [-0.39, 0.29) is 94.9 Å². The van der Waals surface area contributed by atoms with Crippen LogP contribution in [0.1, 0.15) is 128 Å². The Hall–Kier alpha value is -7.56. The van der Waals surface area contributed by atoms with Crippen LogP contribution in [-0.4, -0.2) is 168 Å². The molecule has 1 fully saturated rings. The second-order valence-corrected chi connectivity index (χ2v) is 23.5. The van der Waals surface area contributed by atoms with E-state index in [0.717, 1.165) is 40.4 Å². The van der Waals surface area contributed by atoms with Crippen LogP contribution < -0.4 is 43.8 Å². The molecule has 1 aliphatic rings. The number of imide groups is 1. The number of halogens is 2. The molecule has 1 unspecified atom stereocenters. The first-order chi connectivity index (χ1) is 40.1. The van der Waals surface area contributed by atoms with E-state index in [1.54, 1.807) is 20.0 Å². The minimum Gasteiger partial charge on any atom is -0.480 e. The Bertz CT molecular complexity index is 2800. The predicted octanol–water partition coefficient (Wildman–Crippen LogP) is 2.13. The van der Waals surface area contributed by atoms with Crippen molar-refractivity contribution in [2.75, 3.05) is 38.5 Å². The second kappa shape index (κ2) is 33.8. The topological polar surface area (TPSA) is 394 Å². The van der Waals surface area contributed by atoms with E-state index in [4.69, 9.17) is 27.4 Å². The van der Waals surface area contributed by atoms with Gasteiger partial charge in [0.15, 0.2) is 0 Å². The lowest BCUT2D eigenvalue weighted by Gasteiger charge is -2.40. The van der Waals surface area contributed by atoms with Gasteiger partial charge in [-0.25, -0.2) is 23.1 Å². The van der Waals surface area contributed by atoms with Gasteiger partial charge < -0.3 is 64.0 Å². The van der Waals surface area contributed by atoms with Gasteiger partial charge in [0.05, 0.1) is 23.0 Å². The molecule has 4 rings (SSSR count). The molecule has 7 atom stereocenters. The number of carboxylic acids is 2. The number of aromatic nitrogens is 2. The molecule has 3 aromatic rings. The number of aliphatic hydroxyl groups is 1. The molecule has 1 saturated heterocycles. The van der Waals surface area contributed by atoms with E-state index in [1.807, 2.05) is 51.1 Å². The number of carbonyl (C=O) groups excluding carboxylic acids is 8. The molecule has 1 aromatic heterocycles. The van der Waals surface area contributed by atoms with E-state index in [0.29, 0.717) is 36.9 Å². The van der Waals surface area contributed by atoms with Crippen molar-refractivity contribution < 1.29 is 72.0 Å². The number of carboxylic acid groups (broad SMARTS) is 2. The van der Waals surface area contributed by atoms with Crippen LogP contribution in [0.25, 0.3) is 5.69 Å². The van der Waals surface area contributed by atoms with Crippen LogP contribution in [0.5, 0.6) is 0 Å². The summed E-state index contributed by atoms with van der Waals surface area (Å²) < 4.78 is 30.8. The summed E-state index contributed by atoms with van der Waals surface area (Å²) in [6.45, 7) is 8.00. The molecule has 85 heavy (non-hydrogen) atoms. The molecule has 0 spiro atoms. The Morgan fingerprint density at radius 3 is 2.11 bits per heavy atom. The third kappa shape index (κ3) is 22.1. The number of hydrogen-bond acceptors (Lipinski definition) is 15. The standard InChI is InChI=1S/C57H82F2N12O13S/c1-33(2)47(67-44(73)19-10-7-13-25-70-45(74)29-43(53(70)79)85-32-39(61)54(80)81)52(78)65-40(18-14-24-64-56(62)84)51(77)66-41(55(82)83)17-11-12-23-63-50(76)38(60)22-26-69(46(75)31-72)49(57(3,4)5)48-35(27-34-15-8-6-9-16-34)30-71(68-48)42-28-36(58)20-21-37(42)59/h6,8-9,15-16,20-21,28,30,33,38-41,43,47,49,72H,7,10-14,17-19,22-27,29,31-32,60-61H2,1-5H3,(H,63,76)(H,65,78)(H,66,77)(H,67,73)(H,80,81)(H,82,83)(H3,62,64,84)/t38-,39-,40-,41-,43?,47-,49-/m0/s1. The van der Waals surface area contributed by atoms with Crippen LogP contribution in [0.15, 0.2) is 54.7 Å². The third-order valence-corrected chi connectivity index (χ3v) is 15.4. The highest BCUT2D eigenvalue weighted by molar-refractivity contribution is 8.00. The van der Waals surface area contributed by atoms with Crippen molar-refractivity contribution in [3.8, 4) is 5.69 Å². The largest absolute Gasteiger partial charge is 0.480 e. The monoisotopic (exact) mass is 1210 g/mol. The number of rotatable bonds is 36. The van der Waals surface area contributed by atoms with Gasteiger partial charge in [-0.3, -0.25) is 43.3 Å². The number of amides is 9. The number of nitrogens with zero attached hydrogens (tertiary/aromatic N) is 4. The lowest BCUT2D eigenvalue weighted by molar-refractivity contribution is -0.142. The smallest absolute Gasteiger partial charge is 0.326 e. The zero-order valence-electron chi connectivity index (χ0n) is 48.7. The lowest BCUT2D eigenvalue weighted by Crippen LogP contribution is -2.57. The minimum absolute atomic E-state index is 0.0133. The molecule has 0 radical (unpaired) electrons. The van der Waals surface area contributed by atoms with Gasteiger partial charge in [0.2, 0.25) is 41.4 Å².